The van der Waals surface area contributed by atoms with E-state index in [4.69, 9.17) is 4.84 Å². The minimum Gasteiger partial charge on any atom is -0.382 e. The lowest BCUT2D eigenvalue weighted by atomic mass is 10.0. The van der Waals surface area contributed by atoms with Gasteiger partial charge in [0.05, 0.1) is 5.71 Å². The summed E-state index contributed by atoms with van der Waals surface area (Å²) >= 11 is 0. The lowest BCUT2D eigenvalue weighted by molar-refractivity contribution is -0.131. The predicted octanol–water partition coefficient (Wildman–Crippen LogP) is 1.84. The van der Waals surface area contributed by atoms with Crippen LogP contribution in [0.25, 0.3) is 0 Å². The molecule has 1 atom stereocenters. The second kappa shape index (κ2) is 5.16. The van der Waals surface area contributed by atoms with Crippen LogP contribution in [0.5, 0.6) is 0 Å². The second-order valence-electron chi connectivity index (χ2n) is 4.51. The quantitative estimate of drug-likeness (QED) is 0.890. The molecule has 0 unspecified atom stereocenters. The number of halogens is 1. The molecule has 0 bridgehead atoms. The molecule has 96 valence electrons. The average molecular weight is 250 g/mol. The molecule has 0 aromatic heterocycles. The van der Waals surface area contributed by atoms with Gasteiger partial charge < -0.3 is 10.2 Å². The van der Waals surface area contributed by atoms with Crippen molar-refractivity contribution in [1.82, 2.24) is 5.32 Å². The molecule has 18 heavy (non-hydrogen) atoms. The molecule has 4 nitrogen and oxygen atoms in total. The SMILES string of the molecule is CC(C)NC(=O)[C@@H]1CC(c2ccc(F)cc2)=NO1. The average Bonchev–Trinajstić information content (AvgIpc) is 2.78. The molecule has 0 saturated heterocycles. The molecule has 1 amide bonds. The van der Waals surface area contributed by atoms with Gasteiger partial charge in [0.1, 0.15) is 5.82 Å². The molecule has 0 fully saturated rings. The predicted molar refractivity (Wildman–Crippen MR) is 65.7 cm³/mol. The molecule has 0 spiro atoms. The highest BCUT2D eigenvalue weighted by Gasteiger charge is 2.28. The molecular weight excluding hydrogens is 235 g/mol. The molecule has 1 heterocycles. The van der Waals surface area contributed by atoms with Gasteiger partial charge in [-0.15, -0.1) is 0 Å². The van der Waals surface area contributed by atoms with E-state index in [1.165, 1.54) is 12.1 Å². The monoisotopic (exact) mass is 250 g/mol. The number of nitrogens with one attached hydrogen (secondary N) is 1. The van der Waals surface area contributed by atoms with Gasteiger partial charge in [0.15, 0.2) is 0 Å². The molecule has 1 aliphatic rings. The Morgan fingerprint density at radius 1 is 1.44 bits per heavy atom. The van der Waals surface area contributed by atoms with Crippen molar-refractivity contribution in [1.29, 1.82) is 0 Å². The summed E-state index contributed by atoms with van der Waals surface area (Å²) in [4.78, 5) is 16.8. The number of amides is 1. The van der Waals surface area contributed by atoms with Crippen LogP contribution in [0.2, 0.25) is 0 Å². The molecule has 0 aliphatic carbocycles. The molecular formula is C13H15FN2O2. The largest absolute Gasteiger partial charge is 0.382 e. The van der Waals surface area contributed by atoms with Crippen molar-refractivity contribution in [3.05, 3.63) is 35.6 Å². The van der Waals surface area contributed by atoms with Crippen molar-refractivity contribution in [2.24, 2.45) is 5.16 Å². The van der Waals surface area contributed by atoms with Gasteiger partial charge in [0, 0.05) is 12.5 Å². The highest BCUT2D eigenvalue weighted by molar-refractivity contribution is 6.04. The Hall–Kier alpha value is -1.91. The fourth-order valence-corrected chi connectivity index (χ4v) is 1.71. The third-order valence-electron chi connectivity index (χ3n) is 2.57. The van der Waals surface area contributed by atoms with Crippen molar-refractivity contribution < 1.29 is 14.0 Å². The van der Waals surface area contributed by atoms with Crippen LogP contribution in [0.4, 0.5) is 4.39 Å². The molecule has 5 heteroatoms. The summed E-state index contributed by atoms with van der Waals surface area (Å²) in [6.07, 6.45) is -0.183. The Morgan fingerprint density at radius 2 is 2.11 bits per heavy atom. The van der Waals surface area contributed by atoms with E-state index in [0.717, 1.165) is 5.56 Å². The van der Waals surface area contributed by atoms with Crippen molar-refractivity contribution in [3.63, 3.8) is 0 Å². The van der Waals surface area contributed by atoms with Crippen LogP contribution in [-0.4, -0.2) is 23.8 Å². The third-order valence-corrected chi connectivity index (χ3v) is 2.57. The van der Waals surface area contributed by atoms with Crippen LogP contribution in [0.3, 0.4) is 0 Å². The van der Waals surface area contributed by atoms with E-state index in [1.807, 2.05) is 13.8 Å². The van der Waals surface area contributed by atoms with Crippen LogP contribution in [0.15, 0.2) is 29.4 Å². The number of hydrogen-bond acceptors (Lipinski definition) is 3. The van der Waals surface area contributed by atoms with E-state index in [0.29, 0.717) is 12.1 Å². The van der Waals surface area contributed by atoms with Gasteiger partial charge in [-0.25, -0.2) is 4.39 Å². The normalized spacial score (nSPS) is 18.4. The van der Waals surface area contributed by atoms with Crippen molar-refractivity contribution in [2.75, 3.05) is 0 Å². The van der Waals surface area contributed by atoms with Crippen LogP contribution < -0.4 is 5.32 Å². The van der Waals surface area contributed by atoms with E-state index in [-0.39, 0.29) is 17.8 Å². The van der Waals surface area contributed by atoms with E-state index in [1.54, 1.807) is 12.1 Å². The molecule has 0 radical (unpaired) electrons. The van der Waals surface area contributed by atoms with Gasteiger partial charge in [0.2, 0.25) is 6.10 Å². The van der Waals surface area contributed by atoms with Gasteiger partial charge in [-0.2, -0.15) is 0 Å². The molecule has 1 aromatic carbocycles. The maximum Gasteiger partial charge on any atom is 0.264 e. The minimum atomic E-state index is -0.590. The Labute approximate surface area is 105 Å². The van der Waals surface area contributed by atoms with Gasteiger partial charge in [-0.05, 0) is 31.5 Å². The first-order valence-corrected chi connectivity index (χ1v) is 5.85. The van der Waals surface area contributed by atoms with E-state index in [9.17, 15) is 9.18 Å². The first-order chi connectivity index (χ1) is 8.56. The number of oxime groups is 1. The summed E-state index contributed by atoms with van der Waals surface area (Å²) in [7, 11) is 0. The first kappa shape index (κ1) is 12.5. The van der Waals surface area contributed by atoms with Crippen molar-refractivity contribution in [3.8, 4) is 0 Å². The second-order valence-corrected chi connectivity index (χ2v) is 4.51. The van der Waals surface area contributed by atoms with Crippen molar-refractivity contribution >= 4 is 11.6 Å². The van der Waals surface area contributed by atoms with E-state index < -0.39 is 6.10 Å². The highest BCUT2D eigenvalue weighted by Crippen LogP contribution is 2.17. The number of nitrogens with zero attached hydrogens (tertiary/aromatic N) is 1. The van der Waals surface area contributed by atoms with Gasteiger partial charge in [0.25, 0.3) is 5.91 Å². The van der Waals surface area contributed by atoms with Crippen LogP contribution in [0, 0.1) is 5.82 Å². The fraction of sp³-hybridized carbons (Fsp3) is 0.385. The maximum absolute atomic E-state index is 12.8. The third kappa shape index (κ3) is 2.85. The standard InChI is InChI=1S/C13H15FN2O2/c1-8(2)15-13(17)12-7-11(16-18-12)9-3-5-10(14)6-4-9/h3-6,8,12H,7H2,1-2H3,(H,15,17)/t12-/m0/s1. The summed E-state index contributed by atoms with van der Waals surface area (Å²) in [5.41, 5.74) is 1.44. The van der Waals surface area contributed by atoms with Crippen LogP contribution in [0.1, 0.15) is 25.8 Å². The number of rotatable bonds is 3. The Morgan fingerprint density at radius 3 is 2.72 bits per heavy atom. The smallest absolute Gasteiger partial charge is 0.264 e. The van der Waals surface area contributed by atoms with E-state index >= 15 is 0 Å². The van der Waals surface area contributed by atoms with Crippen LogP contribution >= 0.6 is 0 Å². The summed E-state index contributed by atoms with van der Waals surface area (Å²) in [6, 6.07) is 6.04. The van der Waals surface area contributed by atoms with Gasteiger partial charge in [-0.1, -0.05) is 17.3 Å². The summed E-state index contributed by atoms with van der Waals surface area (Å²) in [6.45, 7) is 3.77. The zero-order valence-electron chi connectivity index (χ0n) is 10.3. The molecule has 1 aromatic rings. The first-order valence-electron chi connectivity index (χ1n) is 5.85. The van der Waals surface area contributed by atoms with E-state index in [2.05, 4.69) is 10.5 Å². The minimum absolute atomic E-state index is 0.0657. The molecule has 2 rings (SSSR count). The van der Waals surface area contributed by atoms with Gasteiger partial charge >= 0.3 is 0 Å². The Bertz CT molecular complexity index is 468. The Kier molecular flexibility index (Phi) is 3.60. The fourth-order valence-electron chi connectivity index (χ4n) is 1.71. The summed E-state index contributed by atoms with van der Waals surface area (Å²) in [5.74, 6) is -0.474. The topological polar surface area (TPSA) is 50.7 Å². The molecule has 1 aliphatic heterocycles. The molecule has 0 saturated carbocycles. The number of benzene rings is 1. The summed E-state index contributed by atoms with van der Waals surface area (Å²) < 4.78 is 12.8. The number of hydrogen-bond donors (Lipinski definition) is 1. The zero-order valence-corrected chi connectivity index (χ0v) is 10.3. The Balaban J connectivity index is 1.99. The van der Waals surface area contributed by atoms with Crippen LogP contribution in [-0.2, 0) is 9.63 Å². The van der Waals surface area contributed by atoms with Crippen molar-refractivity contribution in [2.45, 2.75) is 32.4 Å². The maximum atomic E-state index is 12.8. The van der Waals surface area contributed by atoms with Gasteiger partial charge in [-0.3, -0.25) is 4.79 Å². The highest BCUT2D eigenvalue weighted by atomic mass is 19.1. The number of carbonyl (C=O) groups excluding carboxylic acids is 1. The zero-order chi connectivity index (χ0) is 13.1. The number of carbonyl (C=O) groups is 1. The lowest BCUT2D eigenvalue weighted by Gasteiger charge is -2.11. The lowest BCUT2D eigenvalue weighted by Crippen LogP contribution is -2.38. The molecule has 1 N–H and O–H groups in total. The summed E-state index contributed by atoms with van der Waals surface area (Å²) in [5, 5.41) is 6.65.